The number of aryl methyl sites for hydroxylation is 3. The summed E-state index contributed by atoms with van der Waals surface area (Å²) in [6.07, 6.45) is 1.26. The Bertz CT molecular complexity index is 1360. The molecule has 0 spiro atoms. The Labute approximate surface area is 189 Å². The molecule has 8 nitrogen and oxygen atoms in total. The molecule has 2 N–H and O–H groups in total. The number of nitrogens with one attached hydrogen (secondary N) is 1. The number of carbonyl (C=O) groups excluding carboxylic acids is 3. The Morgan fingerprint density at radius 1 is 0.939 bits per heavy atom. The van der Waals surface area contributed by atoms with E-state index in [2.05, 4.69) is 5.32 Å². The van der Waals surface area contributed by atoms with E-state index in [1.807, 2.05) is 20.8 Å². The number of rotatable bonds is 4. The number of hydrogen-bond donors (Lipinski definition) is 2. The Kier molecular flexibility index (Phi) is 5.43. The third kappa shape index (κ3) is 4.06. The van der Waals surface area contributed by atoms with E-state index >= 15 is 0 Å². The predicted molar refractivity (Wildman–Crippen MR) is 121 cm³/mol. The minimum absolute atomic E-state index is 0.108. The molecule has 1 fully saturated rings. The average molecular weight is 444 g/mol. The van der Waals surface area contributed by atoms with Gasteiger partial charge in [0.15, 0.2) is 0 Å². The topological polar surface area (TPSA) is 117 Å². The second-order valence-electron chi connectivity index (χ2n) is 7.76. The van der Waals surface area contributed by atoms with E-state index in [0.717, 1.165) is 21.6 Å². The van der Waals surface area contributed by atoms with Crippen molar-refractivity contribution in [2.75, 3.05) is 4.90 Å². The maximum atomic E-state index is 13.1. The highest BCUT2D eigenvalue weighted by atomic mass is 16.4. The molecule has 0 aliphatic carbocycles. The van der Waals surface area contributed by atoms with Crippen LogP contribution in [0.1, 0.15) is 32.8 Å². The Hall–Kier alpha value is -4.46. The number of furan rings is 1. The van der Waals surface area contributed by atoms with Crippen LogP contribution < -0.4 is 10.2 Å². The molecular formula is C25H20N2O6. The summed E-state index contributed by atoms with van der Waals surface area (Å²) in [5.41, 5.74) is 3.46. The molecule has 1 saturated heterocycles. The van der Waals surface area contributed by atoms with E-state index in [4.69, 9.17) is 4.42 Å². The highest BCUT2D eigenvalue weighted by molar-refractivity contribution is 6.39. The molecular weight excluding hydrogens is 424 g/mol. The van der Waals surface area contributed by atoms with Gasteiger partial charge < -0.3 is 9.52 Å². The van der Waals surface area contributed by atoms with Gasteiger partial charge in [-0.2, -0.15) is 0 Å². The van der Waals surface area contributed by atoms with Gasteiger partial charge in [-0.1, -0.05) is 12.1 Å². The van der Waals surface area contributed by atoms with Crippen LogP contribution in [0.3, 0.4) is 0 Å². The smallest absolute Gasteiger partial charge is 0.335 e. The van der Waals surface area contributed by atoms with Gasteiger partial charge >= 0.3 is 12.0 Å². The van der Waals surface area contributed by atoms with Crippen LogP contribution in [0.25, 0.3) is 17.4 Å². The number of aromatic carboxylic acids is 1. The van der Waals surface area contributed by atoms with E-state index in [9.17, 15) is 24.3 Å². The van der Waals surface area contributed by atoms with Crippen molar-refractivity contribution in [1.82, 2.24) is 5.32 Å². The summed E-state index contributed by atoms with van der Waals surface area (Å²) in [4.78, 5) is 50.1. The summed E-state index contributed by atoms with van der Waals surface area (Å²) in [6.45, 7) is 5.58. The van der Waals surface area contributed by atoms with Gasteiger partial charge in [0.2, 0.25) is 0 Å². The molecule has 0 radical (unpaired) electrons. The largest absolute Gasteiger partial charge is 0.478 e. The molecule has 2 heterocycles. The summed E-state index contributed by atoms with van der Waals surface area (Å²) in [5.74, 6) is -2.07. The van der Waals surface area contributed by atoms with Gasteiger partial charge in [-0.05, 0) is 79.9 Å². The van der Waals surface area contributed by atoms with E-state index in [1.54, 1.807) is 36.4 Å². The van der Waals surface area contributed by atoms with Crippen LogP contribution in [-0.2, 0) is 9.59 Å². The normalized spacial score (nSPS) is 15.2. The predicted octanol–water partition coefficient (Wildman–Crippen LogP) is 4.24. The lowest BCUT2D eigenvalue weighted by Crippen LogP contribution is -2.54. The summed E-state index contributed by atoms with van der Waals surface area (Å²) >= 11 is 0. The van der Waals surface area contributed by atoms with Crippen molar-refractivity contribution in [1.29, 1.82) is 0 Å². The monoisotopic (exact) mass is 444 g/mol. The molecule has 0 atom stereocenters. The van der Waals surface area contributed by atoms with Gasteiger partial charge in [-0.15, -0.1) is 0 Å². The zero-order valence-electron chi connectivity index (χ0n) is 18.1. The third-order valence-electron chi connectivity index (χ3n) is 5.51. The molecule has 3 aromatic rings. The molecule has 4 amide bonds. The number of barbiturate groups is 1. The third-order valence-corrected chi connectivity index (χ3v) is 5.51. The molecule has 4 rings (SSSR count). The Morgan fingerprint density at radius 2 is 1.67 bits per heavy atom. The van der Waals surface area contributed by atoms with Crippen LogP contribution in [0.4, 0.5) is 10.5 Å². The highest BCUT2D eigenvalue weighted by Crippen LogP contribution is 2.29. The zero-order valence-corrected chi connectivity index (χ0v) is 18.1. The molecule has 2 aromatic carbocycles. The number of benzene rings is 2. The number of carboxylic acids is 1. The van der Waals surface area contributed by atoms with Gasteiger partial charge in [0, 0.05) is 5.56 Å². The molecule has 166 valence electrons. The van der Waals surface area contributed by atoms with Gasteiger partial charge in [-0.3, -0.25) is 14.9 Å². The van der Waals surface area contributed by atoms with Gasteiger partial charge in [0.1, 0.15) is 17.1 Å². The summed E-state index contributed by atoms with van der Waals surface area (Å²) in [5, 5.41) is 11.4. The highest BCUT2D eigenvalue weighted by Gasteiger charge is 2.37. The Balaban J connectivity index is 1.70. The van der Waals surface area contributed by atoms with E-state index in [-0.39, 0.29) is 16.9 Å². The van der Waals surface area contributed by atoms with Crippen molar-refractivity contribution in [3.63, 3.8) is 0 Å². The number of anilines is 1. The minimum atomic E-state index is -1.06. The molecule has 1 aromatic heterocycles. The number of carboxylic acid groups (broad SMARTS) is 1. The molecule has 1 aliphatic heterocycles. The van der Waals surface area contributed by atoms with Crippen LogP contribution in [0, 0.1) is 20.8 Å². The van der Waals surface area contributed by atoms with E-state index < -0.39 is 23.8 Å². The summed E-state index contributed by atoms with van der Waals surface area (Å²) < 4.78 is 5.78. The molecule has 33 heavy (non-hydrogen) atoms. The van der Waals surface area contributed by atoms with Crippen LogP contribution in [-0.4, -0.2) is 28.9 Å². The van der Waals surface area contributed by atoms with Crippen molar-refractivity contribution in [2.24, 2.45) is 0 Å². The number of hydrogen-bond acceptors (Lipinski definition) is 5. The zero-order chi connectivity index (χ0) is 23.9. The first-order chi connectivity index (χ1) is 15.7. The quantitative estimate of drug-likeness (QED) is 0.459. The lowest BCUT2D eigenvalue weighted by molar-refractivity contribution is -0.122. The lowest BCUT2D eigenvalue weighted by Gasteiger charge is -2.26. The van der Waals surface area contributed by atoms with Crippen LogP contribution >= 0.6 is 0 Å². The Morgan fingerprint density at radius 3 is 2.36 bits per heavy atom. The van der Waals surface area contributed by atoms with Crippen LogP contribution in [0.5, 0.6) is 0 Å². The second-order valence-corrected chi connectivity index (χ2v) is 7.76. The van der Waals surface area contributed by atoms with Crippen molar-refractivity contribution in [2.45, 2.75) is 20.8 Å². The summed E-state index contributed by atoms with van der Waals surface area (Å²) in [7, 11) is 0. The standard InChI is InChI=1S/C25H20N2O6/c1-13-5-7-17(10-15(13)3)27-23(29)20(22(28)26-25(27)32)12-18-8-9-21(33-18)19-11-16(24(30)31)6-4-14(19)2/h4-12H,1-3H3,(H,30,31)(H,26,28,32). The number of carbonyl (C=O) groups is 4. The van der Waals surface area contributed by atoms with Crippen LogP contribution in [0.15, 0.2) is 58.5 Å². The molecule has 0 bridgehead atoms. The summed E-state index contributed by atoms with van der Waals surface area (Å²) in [6, 6.07) is 12.1. The average Bonchev–Trinajstić information content (AvgIpc) is 3.22. The maximum absolute atomic E-state index is 13.1. The first-order valence-corrected chi connectivity index (χ1v) is 10.1. The fraction of sp³-hybridized carbons (Fsp3) is 0.120. The van der Waals surface area contributed by atoms with Crippen molar-refractivity contribution < 1.29 is 28.7 Å². The fourth-order valence-electron chi connectivity index (χ4n) is 3.49. The van der Waals surface area contributed by atoms with Crippen molar-refractivity contribution >= 4 is 35.6 Å². The number of nitrogens with zero attached hydrogens (tertiary/aromatic N) is 1. The van der Waals surface area contributed by atoms with Gasteiger partial charge in [0.25, 0.3) is 11.8 Å². The van der Waals surface area contributed by atoms with E-state index in [1.165, 1.54) is 18.2 Å². The number of urea groups is 1. The lowest BCUT2D eigenvalue weighted by atomic mass is 10.0. The van der Waals surface area contributed by atoms with Crippen LogP contribution in [0.2, 0.25) is 0 Å². The van der Waals surface area contributed by atoms with E-state index in [0.29, 0.717) is 17.0 Å². The first-order valence-electron chi connectivity index (χ1n) is 10.1. The molecule has 8 heteroatoms. The second kappa shape index (κ2) is 8.23. The first kappa shape index (κ1) is 21.8. The minimum Gasteiger partial charge on any atom is -0.478 e. The van der Waals surface area contributed by atoms with Crippen molar-refractivity contribution in [3.8, 4) is 11.3 Å². The molecule has 1 aliphatic rings. The molecule has 0 unspecified atom stereocenters. The molecule has 0 saturated carbocycles. The SMILES string of the molecule is Cc1ccc(N2C(=O)NC(=O)C(=Cc3ccc(-c4cc(C(=O)O)ccc4C)o3)C2=O)cc1C. The van der Waals surface area contributed by atoms with Crippen molar-refractivity contribution in [3.05, 3.63) is 82.1 Å². The van der Waals surface area contributed by atoms with Gasteiger partial charge in [-0.25, -0.2) is 14.5 Å². The van der Waals surface area contributed by atoms with Gasteiger partial charge in [0.05, 0.1) is 11.3 Å². The number of amides is 4. The maximum Gasteiger partial charge on any atom is 0.335 e. The number of imide groups is 2. The fourth-order valence-corrected chi connectivity index (χ4v) is 3.49.